The summed E-state index contributed by atoms with van der Waals surface area (Å²) in [7, 11) is 0. The highest BCUT2D eigenvalue weighted by molar-refractivity contribution is 5.78. The van der Waals surface area contributed by atoms with Gasteiger partial charge in [0.15, 0.2) is 0 Å². The number of aliphatic hydroxyl groups excluding tert-OH is 2. The predicted molar refractivity (Wildman–Crippen MR) is 118 cm³/mol. The zero-order chi connectivity index (χ0) is 22.3. The number of hydrogen-bond donors (Lipinski definition) is 3. The molecule has 168 valence electrons. The van der Waals surface area contributed by atoms with Crippen molar-refractivity contribution in [3.05, 3.63) is 65.0 Å². The quantitative estimate of drug-likeness (QED) is 0.563. The average Bonchev–Trinajstić information content (AvgIpc) is 2.78. The number of benzene rings is 1. The first-order valence-electron chi connectivity index (χ1n) is 10.8. The van der Waals surface area contributed by atoms with Crippen LogP contribution in [0.25, 0.3) is 0 Å². The number of amides is 1. The molecule has 7 nitrogen and oxygen atoms in total. The Morgan fingerprint density at radius 3 is 2.65 bits per heavy atom. The van der Waals surface area contributed by atoms with Crippen molar-refractivity contribution in [2.75, 3.05) is 32.8 Å². The van der Waals surface area contributed by atoms with Crippen LogP contribution in [-0.4, -0.2) is 64.4 Å². The summed E-state index contributed by atoms with van der Waals surface area (Å²) in [6, 6.07) is 13.4. The minimum Gasteiger partial charge on any atom is -0.390 e. The molecule has 0 saturated carbocycles. The molecule has 2 heterocycles. The summed E-state index contributed by atoms with van der Waals surface area (Å²) in [6.45, 7) is 6.91. The highest BCUT2D eigenvalue weighted by Gasteiger charge is 2.21. The van der Waals surface area contributed by atoms with Gasteiger partial charge in [-0.25, -0.2) is 0 Å². The Morgan fingerprint density at radius 2 is 1.90 bits per heavy atom. The minimum atomic E-state index is -0.761. The summed E-state index contributed by atoms with van der Waals surface area (Å²) in [5, 5.41) is 23.1. The number of nitrogens with one attached hydrogen (secondary N) is 1. The molecule has 0 aliphatic carbocycles. The highest BCUT2D eigenvalue weighted by Crippen LogP contribution is 2.17. The second-order valence-electron chi connectivity index (χ2n) is 8.66. The molecule has 0 radical (unpaired) electrons. The third-order valence-corrected chi connectivity index (χ3v) is 5.46. The Hall–Kier alpha value is -2.32. The Morgan fingerprint density at radius 1 is 1.19 bits per heavy atom. The van der Waals surface area contributed by atoms with Gasteiger partial charge in [0.1, 0.15) is 6.10 Å². The van der Waals surface area contributed by atoms with Gasteiger partial charge in [-0.3, -0.25) is 9.78 Å². The molecule has 1 aliphatic rings. The molecule has 1 fully saturated rings. The highest BCUT2D eigenvalue weighted by atomic mass is 16.5. The van der Waals surface area contributed by atoms with Gasteiger partial charge in [0.05, 0.1) is 37.6 Å². The fraction of sp³-hybridized carbons (Fsp3) is 0.500. The third-order valence-electron chi connectivity index (χ3n) is 5.46. The maximum absolute atomic E-state index is 12.5. The van der Waals surface area contributed by atoms with Crippen LogP contribution in [0.15, 0.2) is 42.5 Å². The number of hydrogen-bond acceptors (Lipinski definition) is 6. The van der Waals surface area contributed by atoms with Crippen molar-refractivity contribution in [2.24, 2.45) is 0 Å². The zero-order valence-electron chi connectivity index (χ0n) is 18.4. The van der Waals surface area contributed by atoms with E-state index in [0.29, 0.717) is 50.7 Å². The van der Waals surface area contributed by atoms with Crippen LogP contribution in [0.1, 0.15) is 42.5 Å². The average molecular weight is 428 g/mol. The number of pyridine rings is 1. The predicted octanol–water partition coefficient (Wildman–Crippen LogP) is 1.62. The molecule has 1 saturated heterocycles. The molecule has 1 unspecified atom stereocenters. The Labute approximate surface area is 184 Å². The topological polar surface area (TPSA) is 94.9 Å². The lowest BCUT2D eigenvalue weighted by Gasteiger charge is -2.28. The first-order chi connectivity index (χ1) is 14.9. The van der Waals surface area contributed by atoms with E-state index in [1.54, 1.807) is 18.2 Å². The van der Waals surface area contributed by atoms with E-state index in [-0.39, 0.29) is 18.1 Å². The van der Waals surface area contributed by atoms with Crippen LogP contribution >= 0.6 is 0 Å². The van der Waals surface area contributed by atoms with Gasteiger partial charge in [0.2, 0.25) is 5.91 Å². The summed E-state index contributed by atoms with van der Waals surface area (Å²) in [4.78, 5) is 18.7. The lowest BCUT2D eigenvalue weighted by atomic mass is 9.93. The first-order valence-corrected chi connectivity index (χ1v) is 10.8. The molecule has 0 bridgehead atoms. The number of morpholine rings is 1. The van der Waals surface area contributed by atoms with Gasteiger partial charge in [-0.15, -0.1) is 0 Å². The molecule has 31 heavy (non-hydrogen) atoms. The zero-order valence-corrected chi connectivity index (χ0v) is 18.4. The largest absolute Gasteiger partial charge is 0.390 e. The van der Waals surface area contributed by atoms with Gasteiger partial charge >= 0.3 is 0 Å². The van der Waals surface area contributed by atoms with Gasteiger partial charge in [-0.05, 0) is 43.5 Å². The smallest absolute Gasteiger partial charge is 0.227 e. The first kappa shape index (κ1) is 23.3. The number of rotatable bonds is 9. The molecule has 3 N–H and O–H groups in total. The SMILES string of the molecule is CC(C)(Cc1cccc(CC(=O)N2CCOCC2)c1)NCC(O)c1cccc(CO)n1. The summed E-state index contributed by atoms with van der Waals surface area (Å²) in [5.74, 6) is 0.138. The van der Waals surface area contributed by atoms with Gasteiger partial charge in [-0.2, -0.15) is 0 Å². The third kappa shape index (κ3) is 7.11. The Balaban J connectivity index is 1.55. The summed E-state index contributed by atoms with van der Waals surface area (Å²) in [5.41, 5.74) is 2.97. The van der Waals surface area contributed by atoms with Crippen LogP contribution in [-0.2, 0) is 29.0 Å². The molecule has 2 aromatic rings. The van der Waals surface area contributed by atoms with E-state index in [9.17, 15) is 15.0 Å². The van der Waals surface area contributed by atoms with Crippen molar-refractivity contribution < 1.29 is 19.7 Å². The lowest BCUT2D eigenvalue weighted by Crippen LogP contribution is -2.43. The summed E-state index contributed by atoms with van der Waals surface area (Å²) in [6.07, 6.45) is 0.389. The van der Waals surface area contributed by atoms with Gasteiger partial charge < -0.3 is 25.2 Å². The van der Waals surface area contributed by atoms with Crippen LogP contribution in [0.3, 0.4) is 0 Å². The molecule has 1 aromatic heterocycles. The molecule has 1 atom stereocenters. The van der Waals surface area contributed by atoms with E-state index in [1.807, 2.05) is 17.0 Å². The normalized spacial score (nSPS) is 15.7. The summed E-state index contributed by atoms with van der Waals surface area (Å²) >= 11 is 0. The molecular weight excluding hydrogens is 394 g/mol. The van der Waals surface area contributed by atoms with Crippen LogP contribution in [0.5, 0.6) is 0 Å². The molecule has 0 spiro atoms. The monoisotopic (exact) mass is 427 g/mol. The number of aromatic nitrogens is 1. The fourth-order valence-corrected chi connectivity index (χ4v) is 3.77. The second kappa shape index (κ2) is 10.8. The van der Waals surface area contributed by atoms with Crippen molar-refractivity contribution in [1.82, 2.24) is 15.2 Å². The van der Waals surface area contributed by atoms with Crippen molar-refractivity contribution in [3.63, 3.8) is 0 Å². The number of aliphatic hydroxyl groups is 2. The number of carbonyl (C=O) groups excluding carboxylic acids is 1. The second-order valence-corrected chi connectivity index (χ2v) is 8.66. The van der Waals surface area contributed by atoms with E-state index in [4.69, 9.17) is 4.74 Å². The molecule has 1 amide bonds. The minimum absolute atomic E-state index is 0.138. The van der Waals surface area contributed by atoms with Crippen LogP contribution < -0.4 is 5.32 Å². The van der Waals surface area contributed by atoms with Gasteiger partial charge in [0, 0.05) is 25.2 Å². The molecule has 1 aliphatic heterocycles. The van der Waals surface area contributed by atoms with E-state index in [1.165, 1.54) is 0 Å². The lowest BCUT2D eigenvalue weighted by molar-refractivity contribution is -0.134. The number of β-amino-alcohol motifs (C(OH)–C–C–N with tert-alkyl or cyclic N) is 1. The molecule has 3 rings (SSSR count). The number of nitrogens with zero attached hydrogens (tertiary/aromatic N) is 2. The molecule has 7 heteroatoms. The van der Waals surface area contributed by atoms with Gasteiger partial charge in [0.25, 0.3) is 0 Å². The number of ether oxygens (including phenoxy) is 1. The van der Waals surface area contributed by atoms with Crippen LogP contribution in [0, 0.1) is 0 Å². The maximum atomic E-state index is 12.5. The standard InChI is InChI=1S/C24H33N3O4/c1-24(2,25-16-22(29)21-8-4-7-20(17-28)26-21)15-19-6-3-5-18(13-19)14-23(30)27-9-11-31-12-10-27/h3-8,13,22,25,28-29H,9-12,14-17H2,1-2H3. The van der Waals surface area contributed by atoms with Crippen molar-refractivity contribution in [3.8, 4) is 0 Å². The maximum Gasteiger partial charge on any atom is 0.227 e. The van der Waals surface area contributed by atoms with Crippen molar-refractivity contribution >= 4 is 5.91 Å². The van der Waals surface area contributed by atoms with E-state index in [2.05, 4.69) is 36.3 Å². The Kier molecular flexibility index (Phi) is 8.15. The van der Waals surface area contributed by atoms with Crippen molar-refractivity contribution in [2.45, 2.75) is 44.9 Å². The Bertz CT molecular complexity index is 865. The van der Waals surface area contributed by atoms with Gasteiger partial charge in [-0.1, -0.05) is 30.3 Å². The molecular formula is C24H33N3O4. The van der Waals surface area contributed by atoms with Crippen LogP contribution in [0.2, 0.25) is 0 Å². The van der Waals surface area contributed by atoms with E-state index < -0.39 is 6.10 Å². The fourth-order valence-electron chi connectivity index (χ4n) is 3.77. The molecule has 1 aromatic carbocycles. The van der Waals surface area contributed by atoms with E-state index in [0.717, 1.165) is 17.5 Å². The van der Waals surface area contributed by atoms with Crippen molar-refractivity contribution in [1.29, 1.82) is 0 Å². The van der Waals surface area contributed by atoms with E-state index >= 15 is 0 Å². The summed E-state index contributed by atoms with van der Waals surface area (Å²) < 4.78 is 5.32. The number of carbonyl (C=O) groups is 1. The van der Waals surface area contributed by atoms with Crippen LogP contribution in [0.4, 0.5) is 0 Å².